The lowest BCUT2D eigenvalue weighted by Crippen LogP contribution is -2.34. The summed E-state index contributed by atoms with van der Waals surface area (Å²) in [6.07, 6.45) is -2.39. The molecule has 2 rings (SSSR count). The van der Waals surface area contributed by atoms with E-state index in [1.165, 1.54) is 0 Å². The van der Waals surface area contributed by atoms with E-state index in [0.717, 1.165) is 25.9 Å². The van der Waals surface area contributed by atoms with Crippen molar-refractivity contribution < 1.29 is 18.0 Å². The molecule has 2 N–H and O–H groups in total. The predicted molar refractivity (Wildman–Crippen MR) is 88.8 cm³/mol. The molecule has 0 aliphatic carbocycles. The molecule has 1 heterocycles. The molecule has 1 amide bonds. The number of carbonyl (C=O) groups excluding carboxylic acids is 1. The molecule has 2 atom stereocenters. The van der Waals surface area contributed by atoms with Crippen LogP contribution in [0.5, 0.6) is 0 Å². The number of alkyl halides is 3. The zero-order chi connectivity index (χ0) is 17.6. The van der Waals surface area contributed by atoms with Gasteiger partial charge in [0.2, 0.25) is 5.91 Å². The number of halogens is 3. The van der Waals surface area contributed by atoms with Gasteiger partial charge in [-0.2, -0.15) is 13.2 Å². The highest BCUT2D eigenvalue weighted by Crippen LogP contribution is 2.24. The second kappa shape index (κ2) is 8.51. The van der Waals surface area contributed by atoms with Crippen LogP contribution in [0.3, 0.4) is 0 Å². The Bertz CT molecular complexity index is 539. The van der Waals surface area contributed by atoms with E-state index in [0.29, 0.717) is 23.6 Å². The molecule has 2 unspecified atom stereocenters. The van der Waals surface area contributed by atoms with Crippen molar-refractivity contribution in [3.8, 4) is 0 Å². The Morgan fingerprint density at radius 2 is 2.21 bits per heavy atom. The molecule has 0 saturated carbocycles. The number of rotatable bonds is 6. The summed E-state index contributed by atoms with van der Waals surface area (Å²) < 4.78 is 36.9. The number of hydrogen-bond acceptors (Lipinski definition) is 2. The van der Waals surface area contributed by atoms with Crippen molar-refractivity contribution in [2.24, 2.45) is 11.8 Å². The van der Waals surface area contributed by atoms with Gasteiger partial charge in [-0.05, 0) is 61.9 Å². The number of aryl methyl sites for hydroxylation is 1. The summed E-state index contributed by atoms with van der Waals surface area (Å²) in [5, 5.41) is 6.16. The Morgan fingerprint density at radius 3 is 2.88 bits per heavy atom. The molecule has 0 bridgehead atoms. The van der Waals surface area contributed by atoms with E-state index in [1.807, 2.05) is 0 Å². The molecule has 1 fully saturated rings. The Kier molecular flexibility index (Phi) is 6.66. The number of hydrogen-bond donors (Lipinski definition) is 2. The molecular weight excluding hydrogens is 317 g/mol. The third kappa shape index (κ3) is 6.51. The van der Waals surface area contributed by atoms with Crippen molar-refractivity contribution in [3.63, 3.8) is 0 Å². The maximum absolute atomic E-state index is 12.3. The number of amides is 1. The van der Waals surface area contributed by atoms with Crippen molar-refractivity contribution in [2.75, 3.05) is 18.4 Å². The highest BCUT2D eigenvalue weighted by atomic mass is 19.4. The average Bonchev–Trinajstić information content (AvgIpc) is 2.53. The van der Waals surface area contributed by atoms with Gasteiger partial charge in [0.1, 0.15) is 0 Å². The van der Waals surface area contributed by atoms with Gasteiger partial charge in [0.05, 0.1) is 0 Å². The van der Waals surface area contributed by atoms with Gasteiger partial charge in [0, 0.05) is 18.5 Å². The normalized spacial score (nSPS) is 19.8. The van der Waals surface area contributed by atoms with Gasteiger partial charge in [-0.25, -0.2) is 0 Å². The molecule has 6 heteroatoms. The zero-order valence-corrected chi connectivity index (χ0v) is 14.0. The Balaban J connectivity index is 1.84. The summed E-state index contributed by atoms with van der Waals surface area (Å²) in [6, 6.07) is 6.66. The van der Waals surface area contributed by atoms with Gasteiger partial charge in [-0.15, -0.1) is 0 Å². The standard InChI is InChI=1S/C18H25F3N2O/c1-13(15-5-3-9-22-12-15)10-17(24)23-16-6-2-4-14(11-16)7-8-18(19,20)21/h2,4,6,11,13,15,22H,3,5,7-10,12H2,1H3,(H,23,24). The van der Waals surface area contributed by atoms with Crippen LogP contribution in [0.15, 0.2) is 24.3 Å². The highest BCUT2D eigenvalue weighted by Gasteiger charge is 2.26. The largest absolute Gasteiger partial charge is 0.389 e. The summed E-state index contributed by atoms with van der Waals surface area (Å²) >= 11 is 0. The first-order valence-corrected chi connectivity index (χ1v) is 8.50. The lowest BCUT2D eigenvalue weighted by molar-refractivity contribution is -0.134. The van der Waals surface area contributed by atoms with Crippen LogP contribution in [0.2, 0.25) is 0 Å². The fourth-order valence-corrected chi connectivity index (χ4v) is 3.13. The quantitative estimate of drug-likeness (QED) is 0.815. The van der Waals surface area contributed by atoms with E-state index in [1.54, 1.807) is 24.3 Å². The molecule has 0 spiro atoms. The van der Waals surface area contributed by atoms with E-state index in [2.05, 4.69) is 17.6 Å². The van der Waals surface area contributed by atoms with Crippen molar-refractivity contribution in [1.29, 1.82) is 0 Å². The van der Waals surface area contributed by atoms with E-state index in [9.17, 15) is 18.0 Å². The topological polar surface area (TPSA) is 41.1 Å². The molecule has 1 aromatic carbocycles. The van der Waals surface area contributed by atoms with Crippen molar-refractivity contribution in [1.82, 2.24) is 5.32 Å². The number of piperidine rings is 1. The van der Waals surface area contributed by atoms with Gasteiger partial charge >= 0.3 is 6.18 Å². The Hall–Kier alpha value is -1.56. The third-order valence-electron chi connectivity index (χ3n) is 4.55. The number of benzene rings is 1. The molecule has 1 aliphatic rings. The summed E-state index contributed by atoms with van der Waals surface area (Å²) in [5.41, 5.74) is 1.14. The van der Waals surface area contributed by atoms with Gasteiger partial charge in [0.15, 0.2) is 0 Å². The second-order valence-electron chi connectivity index (χ2n) is 6.65. The second-order valence-corrected chi connectivity index (χ2v) is 6.65. The Labute approximate surface area is 141 Å². The maximum atomic E-state index is 12.3. The molecule has 3 nitrogen and oxygen atoms in total. The minimum atomic E-state index is -4.16. The highest BCUT2D eigenvalue weighted by molar-refractivity contribution is 5.90. The molecule has 0 aromatic heterocycles. The van der Waals surface area contributed by atoms with Crippen LogP contribution in [0.4, 0.5) is 18.9 Å². The fraction of sp³-hybridized carbons (Fsp3) is 0.611. The van der Waals surface area contributed by atoms with Crippen LogP contribution < -0.4 is 10.6 Å². The van der Waals surface area contributed by atoms with E-state index in [-0.39, 0.29) is 18.2 Å². The third-order valence-corrected chi connectivity index (χ3v) is 4.55. The van der Waals surface area contributed by atoms with Gasteiger partial charge in [0.25, 0.3) is 0 Å². The molecule has 24 heavy (non-hydrogen) atoms. The molecular formula is C18H25F3N2O. The average molecular weight is 342 g/mol. The summed E-state index contributed by atoms with van der Waals surface area (Å²) in [7, 11) is 0. The number of carbonyl (C=O) groups is 1. The van der Waals surface area contributed by atoms with Crippen LogP contribution in [0.25, 0.3) is 0 Å². The van der Waals surface area contributed by atoms with Crippen LogP contribution in [0.1, 0.15) is 38.2 Å². The molecule has 0 radical (unpaired) electrons. The predicted octanol–water partition coefficient (Wildman–Crippen LogP) is 4.15. The van der Waals surface area contributed by atoms with Gasteiger partial charge < -0.3 is 10.6 Å². The first-order chi connectivity index (χ1) is 11.3. The van der Waals surface area contributed by atoms with Crippen molar-refractivity contribution >= 4 is 11.6 Å². The minimum Gasteiger partial charge on any atom is -0.326 e. The maximum Gasteiger partial charge on any atom is 0.389 e. The molecule has 1 aromatic rings. The fourth-order valence-electron chi connectivity index (χ4n) is 3.13. The van der Waals surface area contributed by atoms with Gasteiger partial charge in [-0.1, -0.05) is 19.1 Å². The SMILES string of the molecule is CC(CC(=O)Nc1cccc(CCC(F)(F)F)c1)C1CCCNC1. The van der Waals surface area contributed by atoms with Crippen LogP contribution in [-0.4, -0.2) is 25.2 Å². The van der Waals surface area contributed by atoms with Crippen LogP contribution >= 0.6 is 0 Å². The lowest BCUT2D eigenvalue weighted by Gasteiger charge is -2.28. The smallest absolute Gasteiger partial charge is 0.326 e. The molecule has 1 aliphatic heterocycles. The Morgan fingerprint density at radius 1 is 1.42 bits per heavy atom. The van der Waals surface area contributed by atoms with Crippen LogP contribution in [-0.2, 0) is 11.2 Å². The number of nitrogens with one attached hydrogen (secondary N) is 2. The zero-order valence-electron chi connectivity index (χ0n) is 14.0. The summed E-state index contributed by atoms with van der Waals surface area (Å²) in [4.78, 5) is 12.2. The van der Waals surface area contributed by atoms with Gasteiger partial charge in [-0.3, -0.25) is 4.79 Å². The number of anilines is 1. The molecule has 1 saturated heterocycles. The summed E-state index contributed by atoms with van der Waals surface area (Å²) in [5.74, 6) is 0.704. The first-order valence-electron chi connectivity index (χ1n) is 8.50. The van der Waals surface area contributed by atoms with Crippen LogP contribution in [0, 0.1) is 11.8 Å². The van der Waals surface area contributed by atoms with E-state index >= 15 is 0 Å². The van der Waals surface area contributed by atoms with E-state index < -0.39 is 12.6 Å². The van der Waals surface area contributed by atoms with Crippen molar-refractivity contribution in [3.05, 3.63) is 29.8 Å². The monoisotopic (exact) mass is 342 g/mol. The minimum absolute atomic E-state index is 0.0721. The molecule has 134 valence electrons. The van der Waals surface area contributed by atoms with Crippen molar-refractivity contribution in [2.45, 2.75) is 45.2 Å². The van der Waals surface area contributed by atoms with E-state index in [4.69, 9.17) is 0 Å². The first kappa shape index (κ1) is 18.8. The lowest BCUT2D eigenvalue weighted by atomic mass is 9.85. The summed E-state index contributed by atoms with van der Waals surface area (Å²) in [6.45, 7) is 4.07.